The number of piperidine rings is 2. The fourth-order valence-electron chi connectivity index (χ4n) is 9.46. The first-order valence-electron chi connectivity index (χ1n) is 20.4. The van der Waals surface area contributed by atoms with E-state index < -0.39 is 0 Å². The Morgan fingerprint density at radius 2 is 0.983 bits per heavy atom. The molecule has 2 aliphatic rings. The van der Waals surface area contributed by atoms with Gasteiger partial charge in [-0.25, -0.2) is 0 Å². The van der Waals surface area contributed by atoms with Crippen LogP contribution < -0.4 is 20.4 Å². The molecule has 0 bridgehead atoms. The molecule has 0 unspecified atom stereocenters. The highest BCUT2D eigenvalue weighted by Crippen LogP contribution is 2.37. The lowest BCUT2D eigenvalue weighted by Gasteiger charge is -2.49. The maximum Gasteiger partial charge on any atom is 0.151 e. The van der Waals surface area contributed by atoms with E-state index in [2.05, 4.69) is 136 Å². The van der Waals surface area contributed by atoms with Gasteiger partial charge in [0.25, 0.3) is 0 Å². The highest BCUT2D eigenvalue weighted by atomic mass is 79.9. The number of phenols is 2. The fraction of sp³-hybridized carbons (Fsp3) is 0.435. The lowest BCUT2D eigenvalue weighted by molar-refractivity contribution is 0.160. The van der Waals surface area contributed by atoms with Crippen molar-refractivity contribution in [3.8, 4) is 34.0 Å². The van der Waals surface area contributed by atoms with Gasteiger partial charge in [0.1, 0.15) is 11.5 Å². The van der Waals surface area contributed by atoms with E-state index in [1.165, 1.54) is 0 Å². The molecule has 60 heavy (non-hydrogen) atoms. The van der Waals surface area contributed by atoms with Crippen LogP contribution in [-0.2, 0) is 0 Å². The zero-order chi connectivity index (χ0) is 43.4. The smallest absolute Gasteiger partial charge is 0.151 e. The van der Waals surface area contributed by atoms with Crippen molar-refractivity contribution in [1.82, 2.24) is 41.0 Å². The molecule has 0 atom stereocenters. The summed E-state index contributed by atoms with van der Waals surface area (Å²) >= 11 is 9.51. The monoisotopic (exact) mass is 894 g/mol. The van der Waals surface area contributed by atoms with Crippen molar-refractivity contribution in [3.05, 3.63) is 82.6 Å². The van der Waals surface area contributed by atoms with Gasteiger partial charge in [0.2, 0.25) is 0 Å². The first-order valence-corrected chi connectivity index (χ1v) is 21.5. The molecule has 2 aromatic carbocycles. The van der Waals surface area contributed by atoms with Crippen LogP contribution in [0.5, 0.6) is 11.5 Å². The fourth-order valence-corrected chi connectivity index (χ4v) is 9.98. The highest BCUT2D eigenvalue weighted by molar-refractivity contribution is 9.10. The van der Waals surface area contributed by atoms with Gasteiger partial charge in [0.15, 0.2) is 11.6 Å². The standard InChI is InChI=1S/C23H28BrN5O.C23H28ClN5O/c2*1-22(2)11-16(12-23(3,4)28-22)29(5)21-7-6-18(26-27-21)17-9-14-8-15(24)13-25-19(14)10-20(17)30/h2*6-10,13,16,28,30H,11-12H2,1-5H3. The Morgan fingerprint density at radius 3 is 1.38 bits per heavy atom. The summed E-state index contributed by atoms with van der Waals surface area (Å²) in [6.07, 6.45) is 7.39. The molecular formula is C46H56BrClN10O2. The molecular weight excluding hydrogens is 840 g/mol. The Balaban J connectivity index is 0.000000181. The van der Waals surface area contributed by atoms with Gasteiger partial charge in [-0.3, -0.25) is 9.97 Å². The first kappa shape index (κ1) is 43.4. The normalized spacial score (nSPS) is 18.5. The summed E-state index contributed by atoms with van der Waals surface area (Å²) in [6, 6.07) is 19.3. The summed E-state index contributed by atoms with van der Waals surface area (Å²) in [5.74, 6) is 1.92. The van der Waals surface area contributed by atoms with Crippen molar-refractivity contribution in [2.45, 2.75) is 115 Å². The van der Waals surface area contributed by atoms with E-state index in [1.54, 1.807) is 24.5 Å². The molecule has 0 radical (unpaired) electrons. The quantitative estimate of drug-likeness (QED) is 0.126. The van der Waals surface area contributed by atoms with E-state index in [9.17, 15) is 10.2 Å². The summed E-state index contributed by atoms with van der Waals surface area (Å²) in [5, 5.41) is 48.5. The number of nitrogens with one attached hydrogen (secondary N) is 2. The Kier molecular flexibility index (Phi) is 11.8. The first-order chi connectivity index (χ1) is 28.1. The molecule has 8 rings (SSSR count). The molecule has 0 saturated carbocycles. The van der Waals surface area contributed by atoms with Gasteiger partial charge in [0.05, 0.1) is 27.4 Å². The number of anilines is 2. The van der Waals surface area contributed by atoms with Crippen LogP contribution >= 0.6 is 27.5 Å². The number of nitrogens with zero attached hydrogens (tertiary/aromatic N) is 8. The molecule has 14 heteroatoms. The van der Waals surface area contributed by atoms with Crippen LogP contribution in [0.1, 0.15) is 81.1 Å². The molecule has 0 spiro atoms. The van der Waals surface area contributed by atoms with Crippen LogP contribution in [0.15, 0.2) is 77.5 Å². The largest absolute Gasteiger partial charge is 0.507 e. The highest BCUT2D eigenvalue weighted by Gasteiger charge is 2.40. The zero-order valence-corrected chi connectivity index (χ0v) is 38.5. The second kappa shape index (κ2) is 16.3. The average Bonchev–Trinajstić information content (AvgIpc) is 3.15. The van der Waals surface area contributed by atoms with E-state index in [0.717, 1.165) is 58.1 Å². The minimum atomic E-state index is 0.0558. The van der Waals surface area contributed by atoms with E-state index in [1.807, 2.05) is 48.5 Å². The molecule has 0 aliphatic carbocycles. The molecule has 4 aromatic heterocycles. The number of hydrogen-bond acceptors (Lipinski definition) is 12. The van der Waals surface area contributed by atoms with Crippen molar-refractivity contribution >= 4 is 61.0 Å². The summed E-state index contributed by atoms with van der Waals surface area (Å²) in [4.78, 5) is 13.0. The average molecular weight is 896 g/mol. The number of pyridine rings is 2. The summed E-state index contributed by atoms with van der Waals surface area (Å²) in [6.45, 7) is 18.0. The summed E-state index contributed by atoms with van der Waals surface area (Å²) in [5.41, 5.74) is 4.16. The third-order valence-electron chi connectivity index (χ3n) is 11.5. The Bertz CT molecular complexity index is 2310. The summed E-state index contributed by atoms with van der Waals surface area (Å²) in [7, 11) is 4.16. The van der Waals surface area contributed by atoms with Crippen molar-refractivity contribution in [3.63, 3.8) is 0 Å². The minimum absolute atomic E-state index is 0.0558. The topological polar surface area (TPSA) is 148 Å². The second-order valence-electron chi connectivity index (χ2n) is 19.1. The molecule has 0 amide bonds. The van der Waals surface area contributed by atoms with Gasteiger partial charge in [-0.05, 0) is 146 Å². The second-order valence-corrected chi connectivity index (χ2v) is 20.5. The Morgan fingerprint density at radius 1 is 0.583 bits per heavy atom. The molecule has 4 N–H and O–H groups in total. The van der Waals surface area contributed by atoms with Gasteiger partial charge >= 0.3 is 0 Å². The van der Waals surface area contributed by atoms with E-state index in [4.69, 9.17) is 11.6 Å². The van der Waals surface area contributed by atoms with Crippen molar-refractivity contribution in [1.29, 1.82) is 0 Å². The third-order valence-corrected chi connectivity index (χ3v) is 12.2. The maximum atomic E-state index is 10.5. The number of hydrogen-bond donors (Lipinski definition) is 4. The number of aromatic hydroxyl groups is 2. The predicted octanol–water partition coefficient (Wildman–Crippen LogP) is 9.70. The molecule has 2 aliphatic heterocycles. The van der Waals surface area contributed by atoms with Gasteiger partial charge < -0.3 is 30.6 Å². The van der Waals surface area contributed by atoms with Gasteiger partial charge in [-0.2, -0.15) is 0 Å². The number of benzene rings is 2. The van der Waals surface area contributed by atoms with Crippen LogP contribution in [0.3, 0.4) is 0 Å². The molecule has 6 heterocycles. The van der Waals surface area contributed by atoms with Crippen molar-refractivity contribution in [2.24, 2.45) is 0 Å². The van der Waals surface area contributed by atoms with Gasteiger partial charge in [-0.15, -0.1) is 20.4 Å². The molecule has 2 fully saturated rings. The lowest BCUT2D eigenvalue weighted by atomic mass is 9.79. The number of phenolic OH excluding ortho intramolecular Hbond substituents is 2. The molecule has 2 saturated heterocycles. The number of fused-ring (bicyclic) bond motifs is 2. The SMILES string of the molecule is CN(c1ccc(-c2cc3cc(Br)cnc3cc2O)nn1)C1CC(C)(C)NC(C)(C)C1.CN(c1ccc(-c2cc3cc(Cl)cnc3cc2O)nn1)C1CC(C)(C)NC(C)(C)C1. The van der Waals surface area contributed by atoms with Crippen LogP contribution in [0.4, 0.5) is 11.6 Å². The van der Waals surface area contributed by atoms with Gasteiger partial charge in [0, 0.05) is 99.2 Å². The molecule has 6 aromatic rings. The Hall–Kier alpha value is -4.69. The molecule has 316 valence electrons. The summed E-state index contributed by atoms with van der Waals surface area (Å²) < 4.78 is 0.891. The number of rotatable bonds is 6. The van der Waals surface area contributed by atoms with E-state index in [0.29, 0.717) is 45.1 Å². The van der Waals surface area contributed by atoms with Crippen molar-refractivity contribution in [2.75, 3.05) is 23.9 Å². The maximum absolute atomic E-state index is 10.5. The predicted molar refractivity (Wildman–Crippen MR) is 247 cm³/mol. The van der Waals surface area contributed by atoms with E-state index in [-0.39, 0.29) is 33.7 Å². The minimum Gasteiger partial charge on any atom is -0.507 e. The number of aromatic nitrogens is 6. The van der Waals surface area contributed by atoms with Crippen molar-refractivity contribution < 1.29 is 10.2 Å². The lowest BCUT2D eigenvalue weighted by Crippen LogP contribution is -2.62. The molecule has 12 nitrogen and oxygen atoms in total. The van der Waals surface area contributed by atoms with Gasteiger partial charge in [-0.1, -0.05) is 11.6 Å². The van der Waals surface area contributed by atoms with Crippen LogP contribution in [-0.4, -0.2) is 88.9 Å². The van der Waals surface area contributed by atoms with Crippen LogP contribution in [0.25, 0.3) is 44.3 Å². The van der Waals surface area contributed by atoms with E-state index >= 15 is 0 Å². The number of halogens is 2. The Labute approximate surface area is 366 Å². The van der Waals surface area contributed by atoms with Crippen LogP contribution in [0.2, 0.25) is 5.02 Å². The zero-order valence-electron chi connectivity index (χ0n) is 36.1. The van der Waals surface area contributed by atoms with Crippen LogP contribution in [0, 0.1) is 0 Å². The third kappa shape index (κ3) is 9.91.